The third kappa shape index (κ3) is 4.60. The summed E-state index contributed by atoms with van der Waals surface area (Å²) >= 11 is 0. The maximum Gasteiger partial charge on any atom is 0.144 e. The molecule has 6 heteroatoms. The number of aliphatic imine (C=N–C) groups is 1. The van der Waals surface area contributed by atoms with E-state index in [9.17, 15) is 5.11 Å². The summed E-state index contributed by atoms with van der Waals surface area (Å²) in [5.41, 5.74) is 9.25. The number of aliphatic hydroxyl groups is 1. The second kappa shape index (κ2) is 9.31. The Morgan fingerprint density at radius 2 is 1.80 bits per heavy atom. The van der Waals surface area contributed by atoms with Crippen molar-refractivity contribution in [3.8, 4) is 0 Å². The first-order valence-electron chi connectivity index (χ1n) is 11.4. The molecular weight excluding hydrogens is 374 g/mol. The van der Waals surface area contributed by atoms with Crippen molar-refractivity contribution in [3.63, 3.8) is 0 Å². The average molecular weight is 410 g/mol. The van der Waals surface area contributed by atoms with Gasteiger partial charge in [-0.3, -0.25) is 0 Å². The predicted molar refractivity (Wildman–Crippen MR) is 124 cm³/mol. The van der Waals surface area contributed by atoms with Gasteiger partial charge in [-0.05, 0) is 51.2 Å². The second-order valence-corrected chi connectivity index (χ2v) is 8.86. The van der Waals surface area contributed by atoms with Gasteiger partial charge in [-0.25, -0.2) is 9.98 Å². The fourth-order valence-corrected chi connectivity index (χ4v) is 5.02. The third-order valence-corrected chi connectivity index (χ3v) is 6.59. The molecule has 1 unspecified atom stereocenters. The lowest BCUT2D eigenvalue weighted by Crippen LogP contribution is -2.47. The summed E-state index contributed by atoms with van der Waals surface area (Å²) < 4.78 is 0. The number of rotatable bonds is 5. The molecule has 30 heavy (non-hydrogen) atoms. The number of anilines is 1. The highest BCUT2D eigenvalue weighted by Crippen LogP contribution is 2.30. The molecule has 0 radical (unpaired) electrons. The Bertz CT molecular complexity index is 896. The molecule has 4 N–H and O–H groups in total. The van der Waals surface area contributed by atoms with E-state index >= 15 is 0 Å². The Labute approximate surface area is 179 Å². The van der Waals surface area contributed by atoms with E-state index in [1.54, 1.807) is 6.92 Å². The molecule has 2 fully saturated rings. The first kappa shape index (κ1) is 21.1. The van der Waals surface area contributed by atoms with Crippen molar-refractivity contribution in [1.82, 2.24) is 10.3 Å². The number of aryl methyl sites for hydroxylation is 1. The number of amidine groups is 1. The van der Waals surface area contributed by atoms with Crippen LogP contribution in [0.1, 0.15) is 63.0 Å². The number of aromatic nitrogens is 1. The zero-order chi connectivity index (χ0) is 21.1. The molecule has 0 amide bonds. The van der Waals surface area contributed by atoms with Gasteiger partial charge in [0.25, 0.3) is 0 Å². The Balaban J connectivity index is 1.58. The number of piperidine rings is 1. The van der Waals surface area contributed by atoms with Gasteiger partial charge in [0.2, 0.25) is 0 Å². The van der Waals surface area contributed by atoms with E-state index in [1.807, 2.05) is 12.1 Å². The molecule has 4 rings (SSSR count). The summed E-state index contributed by atoms with van der Waals surface area (Å²) in [5.74, 6) is 1.25. The number of nitrogens with zero attached hydrogens (tertiary/aromatic N) is 3. The number of nitrogens with one attached hydrogen (secondary N) is 1. The minimum absolute atomic E-state index is 0.359. The van der Waals surface area contributed by atoms with Crippen molar-refractivity contribution in [3.05, 3.63) is 35.4 Å². The van der Waals surface area contributed by atoms with Crippen LogP contribution < -0.4 is 16.0 Å². The summed E-state index contributed by atoms with van der Waals surface area (Å²) in [7, 11) is 0. The minimum Gasteiger partial charge on any atom is -0.383 e. The van der Waals surface area contributed by atoms with Crippen molar-refractivity contribution in [2.75, 3.05) is 18.0 Å². The van der Waals surface area contributed by atoms with E-state index in [0.717, 1.165) is 53.8 Å². The van der Waals surface area contributed by atoms with Crippen LogP contribution in [0, 0.1) is 6.92 Å². The Morgan fingerprint density at radius 3 is 2.50 bits per heavy atom. The van der Waals surface area contributed by atoms with Crippen LogP contribution >= 0.6 is 0 Å². The Hall–Kier alpha value is -2.18. The lowest BCUT2D eigenvalue weighted by molar-refractivity contribution is 0.205. The Kier molecular flexibility index (Phi) is 6.54. The molecule has 1 aromatic carbocycles. The van der Waals surface area contributed by atoms with Crippen molar-refractivity contribution in [1.29, 1.82) is 0 Å². The molecule has 1 aromatic heterocycles. The number of benzene rings is 1. The maximum atomic E-state index is 9.77. The zero-order valence-electron chi connectivity index (χ0n) is 18.3. The first-order chi connectivity index (χ1) is 14.5. The van der Waals surface area contributed by atoms with E-state index in [4.69, 9.17) is 10.7 Å². The van der Waals surface area contributed by atoms with Crippen LogP contribution in [0.5, 0.6) is 0 Å². The zero-order valence-corrected chi connectivity index (χ0v) is 18.3. The number of nitrogens with two attached hydrogens (primary N) is 1. The normalized spacial score (nSPS) is 20.6. The highest BCUT2D eigenvalue weighted by molar-refractivity contribution is 6.07. The molecule has 6 nitrogen and oxygen atoms in total. The molecule has 2 aliphatic rings. The fraction of sp³-hybridized carbons (Fsp3) is 0.583. The second-order valence-electron chi connectivity index (χ2n) is 8.86. The fourth-order valence-electron chi connectivity index (χ4n) is 5.02. The summed E-state index contributed by atoms with van der Waals surface area (Å²) in [4.78, 5) is 11.6. The molecule has 1 saturated heterocycles. The SMILES string of the molecule is Cc1c(C(N)=NC(C)O)c(N2CCC(NC3CCCCC3)CC2)nc2ccccc12. The largest absolute Gasteiger partial charge is 0.383 e. The number of pyridine rings is 1. The highest BCUT2D eigenvalue weighted by Gasteiger charge is 2.26. The first-order valence-corrected chi connectivity index (χ1v) is 11.4. The van der Waals surface area contributed by atoms with Crippen molar-refractivity contribution >= 4 is 22.6 Å². The monoisotopic (exact) mass is 409 g/mol. The lowest BCUT2D eigenvalue weighted by Gasteiger charge is -2.37. The summed E-state index contributed by atoms with van der Waals surface area (Å²) in [5, 5.41) is 14.8. The van der Waals surface area contributed by atoms with Gasteiger partial charge in [0, 0.05) is 30.6 Å². The summed E-state index contributed by atoms with van der Waals surface area (Å²) in [6, 6.07) is 9.44. The number of hydrogen-bond donors (Lipinski definition) is 3. The van der Waals surface area contributed by atoms with Crippen LogP contribution in [-0.4, -0.2) is 47.3 Å². The number of hydrogen-bond acceptors (Lipinski definition) is 5. The molecule has 0 spiro atoms. The molecule has 162 valence electrons. The highest BCUT2D eigenvalue weighted by atomic mass is 16.3. The van der Waals surface area contributed by atoms with Crippen LogP contribution in [0.15, 0.2) is 29.3 Å². The standard InChI is InChI=1S/C24H35N5O/c1-16-20-10-6-7-11-21(20)28-24(22(16)23(25)26-17(2)30)29-14-12-19(13-15-29)27-18-8-4-3-5-9-18/h6-7,10-11,17-19,27,30H,3-5,8-9,12-15H2,1-2H3,(H2,25,26). The molecule has 1 saturated carbocycles. The number of para-hydroxylation sites is 1. The van der Waals surface area contributed by atoms with E-state index in [-0.39, 0.29) is 0 Å². The quantitative estimate of drug-likeness (QED) is 0.520. The average Bonchev–Trinajstić information content (AvgIpc) is 2.74. The van der Waals surface area contributed by atoms with Crippen LogP contribution in [0.2, 0.25) is 0 Å². The molecule has 0 bridgehead atoms. The summed E-state index contributed by atoms with van der Waals surface area (Å²) in [6.45, 7) is 5.59. The molecule has 1 atom stereocenters. The van der Waals surface area contributed by atoms with Crippen LogP contribution in [0.4, 0.5) is 5.82 Å². The van der Waals surface area contributed by atoms with Gasteiger partial charge < -0.3 is 21.1 Å². The van der Waals surface area contributed by atoms with Crippen molar-refractivity contribution in [2.24, 2.45) is 10.7 Å². The molecular formula is C24H35N5O. The van der Waals surface area contributed by atoms with Gasteiger partial charge in [0.1, 0.15) is 17.9 Å². The number of aliphatic hydroxyl groups excluding tert-OH is 1. The predicted octanol–water partition coefficient (Wildman–Crippen LogP) is 3.48. The van der Waals surface area contributed by atoms with Crippen LogP contribution in [-0.2, 0) is 0 Å². The number of fused-ring (bicyclic) bond motifs is 1. The van der Waals surface area contributed by atoms with E-state index < -0.39 is 6.23 Å². The summed E-state index contributed by atoms with van der Waals surface area (Å²) in [6.07, 6.45) is 8.14. The van der Waals surface area contributed by atoms with Gasteiger partial charge in [-0.15, -0.1) is 0 Å². The third-order valence-electron chi connectivity index (χ3n) is 6.59. The Morgan fingerprint density at radius 1 is 1.13 bits per heavy atom. The van der Waals surface area contributed by atoms with Gasteiger partial charge in [-0.1, -0.05) is 37.5 Å². The van der Waals surface area contributed by atoms with Gasteiger partial charge in [-0.2, -0.15) is 0 Å². The molecule has 1 aliphatic carbocycles. The maximum absolute atomic E-state index is 9.77. The van der Waals surface area contributed by atoms with Crippen LogP contribution in [0.25, 0.3) is 10.9 Å². The van der Waals surface area contributed by atoms with Crippen molar-refractivity contribution in [2.45, 2.75) is 77.1 Å². The molecule has 1 aliphatic heterocycles. The van der Waals surface area contributed by atoms with Crippen LogP contribution in [0.3, 0.4) is 0 Å². The molecule has 2 heterocycles. The minimum atomic E-state index is -0.839. The smallest absolute Gasteiger partial charge is 0.144 e. The van der Waals surface area contributed by atoms with Crippen molar-refractivity contribution < 1.29 is 5.11 Å². The van der Waals surface area contributed by atoms with E-state index in [0.29, 0.717) is 17.9 Å². The molecule has 2 aromatic rings. The van der Waals surface area contributed by atoms with Gasteiger partial charge in [0.05, 0.1) is 11.1 Å². The van der Waals surface area contributed by atoms with E-state index in [1.165, 1.54) is 32.1 Å². The van der Waals surface area contributed by atoms with Gasteiger partial charge in [0.15, 0.2) is 0 Å². The van der Waals surface area contributed by atoms with Gasteiger partial charge >= 0.3 is 0 Å². The van der Waals surface area contributed by atoms with E-state index in [2.05, 4.69) is 34.3 Å². The lowest BCUT2D eigenvalue weighted by atomic mass is 9.93. The topological polar surface area (TPSA) is 86.8 Å².